The van der Waals surface area contributed by atoms with Crippen LogP contribution in [-0.4, -0.2) is 12.9 Å². The average molecular weight is 438 g/mol. The van der Waals surface area contributed by atoms with Crippen molar-refractivity contribution in [3.63, 3.8) is 0 Å². The molecule has 3 aromatic rings. The van der Waals surface area contributed by atoms with Gasteiger partial charge in [0, 0.05) is 10.6 Å². The summed E-state index contributed by atoms with van der Waals surface area (Å²) in [5.41, 5.74) is 0.555. The molecule has 0 radical (unpaired) electrons. The van der Waals surface area contributed by atoms with E-state index in [1.54, 1.807) is 61.7 Å². The molecule has 0 aliphatic heterocycles. The third-order valence-corrected chi connectivity index (χ3v) is 4.56. The Morgan fingerprint density at radius 1 is 1.04 bits per heavy atom. The van der Waals surface area contributed by atoms with Gasteiger partial charge in [0.05, 0.1) is 17.2 Å². The molecule has 7 heteroatoms. The summed E-state index contributed by atoms with van der Waals surface area (Å²) in [7, 11) is 1.57. The zero-order valence-corrected chi connectivity index (χ0v) is 17.0. The van der Waals surface area contributed by atoms with Crippen LogP contribution >= 0.6 is 34.8 Å². The van der Waals surface area contributed by atoms with Gasteiger partial charge in [-0.1, -0.05) is 34.8 Å². The van der Waals surface area contributed by atoms with E-state index in [1.165, 1.54) is 6.08 Å². The highest BCUT2D eigenvalue weighted by Crippen LogP contribution is 2.36. The van der Waals surface area contributed by atoms with Gasteiger partial charge in [0.1, 0.15) is 23.9 Å². The van der Waals surface area contributed by atoms with Gasteiger partial charge < -0.3 is 13.9 Å². The van der Waals surface area contributed by atoms with Crippen LogP contribution in [0.15, 0.2) is 59.0 Å². The Hall–Kier alpha value is -2.40. The van der Waals surface area contributed by atoms with Crippen LogP contribution in [0, 0.1) is 0 Å². The second-order valence-corrected chi connectivity index (χ2v) is 6.97. The third-order valence-electron chi connectivity index (χ3n) is 3.78. The monoisotopic (exact) mass is 436 g/mol. The van der Waals surface area contributed by atoms with Crippen LogP contribution in [0.5, 0.6) is 11.5 Å². The number of hydrogen-bond donors (Lipinski definition) is 0. The average Bonchev–Trinajstić information content (AvgIpc) is 3.13. The van der Waals surface area contributed by atoms with Crippen molar-refractivity contribution in [2.24, 2.45) is 0 Å². The molecule has 0 unspecified atom stereocenters. The van der Waals surface area contributed by atoms with Crippen LogP contribution < -0.4 is 9.47 Å². The summed E-state index contributed by atoms with van der Waals surface area (Å²) < 4.78 is 16.3. The molecule has 3 rings (SSSR count). The second-order valence-electron chi connectivity index (χ2n) is 5.72. The predicted octanol–water partition coefficient (Wildman–Crippen LogP) is 6.72. The number of ketones is 1. The number of furan rings is 1. The van der Waals surface area contributed by atoms with Crippen molar-refractivity contribution in [1.29, 1.82) is 0 Å². The lowest BCUT2D eigenvalue weighted by atomic mass is 10.1. The van der Waals surface area contributed by atoms with Gasteiger partial charge in [0.2, 0.25) is 0 Å². The van der Waals surface area contributed by atoms with Gasteiger partial charge in [-0.3, -0.25) is 4.79 Å². The first-order chi connectivity index (χ1) is 13.5. The van der Waals surface area contributed by atoms with E-state index in [9.17, 15) is 4.79 Å². The third kappa shape index (κ3) is 5.10. The number of ether oxygens (including phenoxy) is 2. The lowest BCUT2D eigenvalue weighted by molar-refractivity contribution is 0.104. The summed E-state index contributed by atoms with van der Waals surface area (Å²) in [6.45, 7) is 0.126. The molecule has 0 spiro atoms. The van der Waals surface area contributed by atoms with E-state index >= 15 is 0 Å². The molecule has 0 saturated carbocycles. The fourth-order valence-electron chi connectivity index (χ4n) is 2.38. The Balaban J connectivity index is 1.62. The van der Waals surface area contributed by atoms with Crippen LogP contribution in [0.25, 0.3) is 6.08 Å². The first-order valence-electron chi connectivity index (χ1n) is 8.19. The van der Waals surface area contributed by atoms with Gasteiger partial charge in [-0.2, -0.15) is 0 Å². The van der Waals surface area contributed by atoms with Gasteiger partial charge in [-0.15, -0.1) is 0 Å². The van der Waals surface area contributed by atoms with Crippen molar-refractivity contribution in [2.45, 2.75) is 6.61 Å². The molecule has 0 atom stereocenters. The fraction of sp³-hybridized carbons (Fsp3) is 0.0952. The summed E-state index contributed by atoms with van der Waals surface area (Å²) in [6, 6.07) is 13.4. The molecular formula is C21H15Cl3O4. The molecule has 0 fully saturated rings. The zero-order chi connectivity index (χ0) is 20.1. The molecule has 0 aliphatic rings. The maximum atomic E-state index is 12.2. The van der Waals surface area contributed by atoms with Crippen LogP contribution in [0.4, 0.5) is 0 Å². The largest absolute Gasteiger partial charge is 0.497 e. The van der Waals surface area contributed by atoms with Crippen molar-refractivity contribution in [3.8, 4) is 11.5 Å². The first-order valence-corrected chi connectivity index (χ1v) is 9.32. The van der Waals surface area contributed by atoms with Crippen molar-refractivity contribution in [1.82, 2.24) is 0 Å². The van der Waals surface area contributed by atoms with Gasteiger partial charge >= 0.3 is 0 Å². The van der Waals surface area contributed by atoms with Gasteiger partial charge in [-0.25, -0.2) is 0 Å². The molecule has 0 aliphatic carbocycles. The van der Waals surface area contributed by atoms with Crippen molar-refractivity contribution >= 4 is 46.7 Å². The summed E-state index contributed by atoms with van der Waals surface area (Å²) in [4.78, 5) is 12.2. The first kappa shape index (κ1) is 20.3. The van der Waals surface area contributed by atoms with E-state index in [0.29, 0.717) is 43.7 Å². The van der Waals surface area contributed by atoms with E-state index in [-0.39, 0.29) is 12.4 Å². The molecule has 28 heavy (non-hydrogen) atoms. The molecule has 1 aromatic heterocycles. The fourth-order valence-corrected chi connectivity index (χ4v) is 3.31. The van der Waals surface area contributed by atoms with Crippen LogP contribution in [-0.2, 0) is 6.61 Å². The molecule has 0 N–H and O–H groups in total. The van der Waals surface area contributed by atoms with Crippen molar-refractivity contribution in [2.75, 3.05) is 7.11 Å². The minimum atomic E-state index is -0.142. The van der Waals surface area contributed by atoms with Crippen molar-refractivity contribution < 1.29 is 18.7 Å². The van der Waals surface area contributed by atoms with Crippen LogP contribution in [0.2, 0.25) is 15.1 Å². The van der Waals surface area contributed by atoms with Gasteiger partial charge in [0.25, 0.3) is 0 Å². The van der Waals surface area contributed by atoms with E-state index in [4.69, 9.17) is 48.7 Å². The van der Waals surface area contributed by atoms with E-state index in [1.807, 2.05) is 0 Å². The number of methoxy groups -OCH3 is 1. The quantitative estimate of drug-likeness (QED) is 0.304. The maximum absolute atomic E-state index is 12.2. The number of halogens is 3. The van der Waals surface area contributed by atoms with E-state index in [0.717, 1.165) is 0 Å². The van der Waals surface area contributed by atoms with Gasteiger partial charge in [0.15, 0.2) is 11.5 Å². The second kappa shape index (κ2) is 9.20. The molecule has 0 bridgehead atoms. The topological polar surface area (TPSA) is 48.7 Å². The van der Waals surface area contributed by atoms with Crippen molar-refractivity contribution in [3.05, 3.63) is 86.8 Å². The lowest BCUT2D eigenvalue weighted by Crippen LogP contribution is -1.95. The van der Waals surface area contributed by atoms with E-state index in [2.05, 4.69) is 0 Å². The van der Waals surface area contributed by atoms with Gasteiger partial charge in [-0.05, 0) is 60.7 Å². The predicted molar refractivity (Wildman–Crippen MR) is 111 cm³/mol. The molecule has 0 amide bonds. The SMILES string of the molecule is COc1ccc(C(=O)/C=C/c2ccc(COc3c(Cl)cc(Cl)cc3Cl)o2)cc1. The Bertz CT molecular complexity index is 984. The Morgan fingerprint density at radius 2 is 1.71 bits per heavy atom. The number of allylic oxidation sites excluding steroid dienone is 1. The standard InChI is InChI=1S/C21H15Cl3O4/c1-26-15-4-2-13(3-5-15)20(25)9-8-16-6-7-17(28-16)12-27-21-18(23)10-14(22)11-19(21)24/h2-11H,12H2,1H3/b9-8+. The Labute approximate surface area is 177 Å². The summed E-state index contributed by atoms with van der Waals surface area (Å²) in [5, 5.41) is 1.05. The molecule has 144 valence electrons. The summed E-state index contributed by atoms with van der Waals surface area (Å²) in [6.07, 6.45) is 3.04. The van der Waals surface area contributed by atoms with Crippen LogP contribution in [0.3, 0.4) is 0 Å². The molecule has 4 nitrogen and oxygen atoms in total. The molecule has 2 aromatic carbocycles. The highest BCUT2D eigenvalue weighted by Gasteiger charge is 2.11. The number of carbonyl (C=O) groups is 1. The smallest absolute Gasteiger partial charge is 0.185 e. The number of carbonyl (C=O) groups excluding carboxylic acids is 1. The number of hydrogen-bond acceptors (Lipinski definition) is 4. The van der Waals surface area contributed by atoms with Crippen LogP contribution in [0.1, 0.15) is 21.9 Å². The number of benzene rings is 2. The Kier molecular flexibility index (Phi) is 6.68. The lowest BCUT2D eigenvalue weighted by Gasteiger charge is -2.08. The van der Waals surface area contributed by atoms with E-state index < -0.39 is 0 Å². The number of rotatable bonds is 7. The summed E-state index contributed by atoms with van der Waals surface area (Å²) in [5.74, 6) is 1.96. The highest BCUT2D eigenvalue weighted by molar-refractivity contribution is 6.40. The zero-order valence-electron chi connectivity index (χ0n) is 14.7. The normalized spacial score (nSPS) is 11.0. The molecular weight excluding hydrogens is 423 g/mol. The maximum Gasteiger partial charge on any atom is 0.185 e. The molecule has 0 saturated heterocycles. The minimum Gasteiger partial charge on any atom is -0.497 e. The Morgan fingerprint density at radius 3 is 2.36 bits per heavy atom. The minimum absolute atomic E-state index is 0.126. The molecule has 1 heterocycles. The highest BCUT2D eigenvalue weighted by atomic mass is 35.5. The summed E-state index contributed by atoms with van der Waals surface area (Å²) >= 11 is 18.1.